The average Bonchev–Trinajstić information content (AvgIpc) is 2.34. The molecule has 1 fully saturated rings. The highest BCUT2D eigenvalue weighted by Gasteiger charge is 2.34. The molecule has 1 atom stereocenters. The first kappa shape index (κ1) is 14.8. The number of aliphatic hydroxyl groups excluding tert-OH is 1. The average molecular weight is 258 g/mol. The van der Waals surface area contributed by atoms with Crippen molar-refractivity contribution in [2.24, 2.45) is 0 Å². The van der Waals surface area contributed by atoms with Crippen molar-refractivity contribution in [2.75, 3.05) is 19.7 Å². The Labute approximate surface area is 107 Å². The van der Waals surface area contributed by atoms with Crippen molar-refractivity contribution in [1.29, 1.82) is 0 Å². The number of hydrogen-bond acceptors (Lipinski definition) is 3. The molecule has 0 aromatic rings. The molecule has 2 N–H and O–H groups in total. The minimum Gasteiger partial charge on any atom is -0.480 e. The molecule has 104 valence electrons. The topological polar surface area (TPSA) is 81.1 Å². The molecule has 1 heterocycles. The maximum Gasteiger partial charge on any atom is 0.326 e. The van der Waals surface area contributed by atoms with Gasteiger partial charge in [0.15, 0.2) is 0 Å². The van der Waals surface area contributed by atoms with Gasteiger partial charge in [0.1, 0.15) is 6.04 Å². The number of aliphatic hydroxyl groups is 1. The zero-order chi connectivity index (χ0) is 13.7. The fourth-order valence-corrected chi connectivity index (χ4v) is 2.26. The van der Waals surface area contributed by atoms with Gasteiger partial charge in [-0.25, -0.2) is 9.59 Å². The second-order valence-corrected chi connectivity index (χ2v) is 4.84. The number of amides is 2. The third-order valence-corrected chi connectivity index (χ3v) is 3.24. The molecule has 1 saturated heterocycles. The normalized spacial score (nSPS) is 20.0. The van der Waals surface area contributed by atoms with Gasteiger partial charge in [0.05, 0.1) is 6.61 Å². The minimum atomic E-state index is -0.948. The van der Waals surface area contributed by atoms with E-state index in [1.54, 1.807) is 0 Å². The van der Waals surface area contributed by atoms with E-state index in [0.29, 0.717) is 13.0 Å². The number of piperidine rings is 1. The lowest BCUT2D eigenvalue weighted by molar-refractivity contribution is -0.143. The molecule has 1 aliphatic rings. The van der Waals surface area contributed by atoms with Crippen LogP contribution in [-0.2, 0) is 4.79 Å². The molecule has 0 aliphatic carbocycles. The summed E-state index contributed by atoms with van der Waals surface area (Å²) in [6.07, 6.45) is 2.18. The highest BCUT2D eigenvalue weighted by atomic mass is 16.4. The number of aliphatic carboxylic acids is 1. The molecule has 0 aromatic heterocycles. The lowest BCUT2D eigenvalue weighted by atomic mass is 10.0. The van der Waals surface area contributed by atoms with E-state index in [-0.39, 0.29) is 25.2 Å². The lowest BCUT2D eigenvalue weighted by Gasteiger charge is -2.38. The maximum absolute atomic E-state index is 12.3. The Balaban J connectivity index is 2.80. The maximum atomic E-state index is 12.3. The van der Waals surface area contributed by atoms with Crippen molar-refractivity contribution in [3.63, 3.8) is 0 Å². The fourth-order valence-electron chi connectivity index (χ4n) is 2.26. The molecule has 6 heteroatoms. The number of rotatable bonds is 4. The minimum absolute atomic E-state index is 0.0546. The van der Waals surface area contributed by atoms with Crippen molar-refractivity contribution in [3.8, 4) is 0 Å². The van der Waals surface area contributed by atoms with E-state index in [9.17, 15) is 9.59 Å². The van der Waals surface area contributed by atoms with Crippen LogP contribution in [0.25, 0.3) is 0 Å². The number of nitrogens with zero attached hydrogens (tertiary/aromatic N) is 2. The zero-order valence-corrected chi connectivity index (χ0v) is 11.0. The Hall–Kier alpha value is -1.30. The number of urea groups is 1. The summed E-state index contributed by atoms with van der Waals surface area (Å²) in [7, 11) is 0. The van der Waals surface area contributed by atoms with Crippen LogP contribution in [0.15, 0.2) is 0 Å². The Bertz CT molecular complexity index is 306. The zero-order valence-electron chi connectivity index (χ0n) is 11.0. The van der Waals surface area contributed by atoms with Crippen molar-refractivity contribution in [3.05, 3.63) is 0 Å². The van der Waals surface area contributed by atoms with Gasteiger partial charge in [-0.05, 0) is 33.1 Å². The van der Waals surface area contributed by atoms with Crippen molar-refractivity contribution >= 4 is 12.0 Å². The summed E-state index contributed by atoms with van der Waals surface area (Å²) in [6.45, 7) is 4.31. The monoisotopic (exact) mass is 258 g/mol. The number of carboxylic acids is 1. The Morgan fingerprint density at radius 1 is 1.39 bits per heavy atom. The molecule has 1 aliphatic heterocycles. The molecule has 6 nitrogen and oxygen atoms in total. The smallest absolute Gasteiger partial charge is 0.326 e. The van der Waals surface area contributed by atoms with Gasteiger partial charge >= 0.3 is 12.0 Å². The number of hydrogen-bond donors (Lipinski definition) is 2. The first-order valence-corrected chi connectivity index (χ1v) is 6.40. The van der Waals surface area contributed by atoms with Gasteiger partial charge in [0.25, 0.3) is 0 Å². The van der Waals surface area contributed by atoms with Crippen LogP contribution < -0.4 is 0 Å². The summed E-state index contributed by atoms with van der Waals surface area (Å²) in [5.41, 5.74) is 0. The Morgan fingerprint density at radius 3 is 2.56 bits per heavy atom. The SMILES string of the molecule is CC(C)N(CCO)C(=O)N1CCCCC1C(=O)O. The third kappa shape index (κ3) is 3.35. The van der Waals surface area contributed by atoms with Crippen LogP contribution in [0.5, 0.6) is 0 Å². The Morgan fingerprint density at radius 2 is 2.06 bits per heavy atom. The van der Waals surface area contributed by atoms with Crippen LogP contribution in [0.3, 0.4) is 0 Å². The fraction of sp³-hybridized carbons (Fsp3) is 0.833. The van der Waals surface area contributed by atoms with Crippen molar-refractivity contribution in [2.45, 2.75) is 45.2 Å². The van der Waals surface area contributed by atoms with E-state index in [1.165, 1.54) is 9.80 Å². The summed E-state index contributed by atoms with van der Waals surface area (Å²) in [5, 5.41) is 18.1. The molecular weight excluding hydrogens is 236 g/mol. The standard InChI is InChI=1S/C12H22N2O4/c1-9(2)13(7-8-15)12(18)14-6-4-3-5-10(14)11(16)17/h9-10,15H,3-8H2,1-2H3,(H,16,17). The van der Waals surface area contributed by atoms with E-state index >= 15 is 0 Å². The van der Waals surface area contributed by atoms with Gasteiger partial charge in [-0.3, -0.25) is 0 Å². The summed E-state index contributed by atoms with van der Waals surface area (Å²) < 4.78 is 0. The lowest BCUT2D eigenvalue weighted by Crippen LogP contribution is -2.55. The van der Waals surface area contributed by atoms with Crippen LogP contribution in [0.2, 0.25) is 0 Å². The summed E-state index contributed by atoms with van der Waals surface area (Å²) in [6, 6.07) is -1.07. The number of carbonyl (C=O) groups excluding carboxylic acids is 1. The molecule has 1 rings (SSSR count). The number of carbonyl (C=O) groups is 2. The van der Waals surface area contributed by atoms with Gasteiger partial charge in [-0.2, -0.15) is 0 Å². The van der Waals surface area contributed by atoms with Crippen LogP contribution >= 0.6 is 0 Å². The molecule has 0 bridgehead atoms. The quantitative estimate of drug-likeness (QED) is 0.779. The van der Waals surface area contributed by atoms with E-state index in [1.807, 2.05) is 13.8 Å². The molecule has 0 spiro atoms. The van der Waals surface area contributed by atoms with Gasteiger partial charge in [-0.15, -0.1) is 0 Å². The number of carboxylic acid groups (broad SMARTS) is 1. The van der Waals surface area contributed by atoms with E-state index in [4.69, 9.17) is 10.2 Å². The summed E-state index contributed by atoms with van der Waals surface area (Å²) in [4.78, 5) is 26.4. The van der Waals surface area contributed by atoms with Crippen LogP contribution in [-0.4, -0.2) is 63.8 Å². The Kier molecular flexibility index (Phi) is 5.40. The molecule has 18 heavy (non-hydrogen) atoms. The first-order valence-electron chi connectivity index (χ1n) is 6.40. The van der Waals surface area contributed by atoms with Crippen LogP contribution in [0.4, 0.5) is 4.79 Å². The summed E-state index contributed by atoms with van der Waals surface area (Å²) >= 11 is 0. The van der Waals surface area contributed by atoms with Gasteiger partial charge < -0.3 is 20.0 Å². The highest BCUT2D eigenvalue weighted by molar-refractivity contribution is 5.83. The third-order valence-electron chi connectivity index (χ3n) is 3.24. The largest absolute Gasteiger partial charge is 0.480 e. The molecule has 0 saturated carbocycles. The predicted octanol–water partition coefficient (Wildman–Crippen LogP) is 0.748. The molecule has 2 amide bonds. The van der Waals surface area contributed by atoms with E-state index in [0.717, 1.165) is 12.8 Å². The first-order chi connectivity index (χ1) is 8.49. The second kappa shape index (κ2) is 6.58. The molecule has 0 aromatic carbocycles. The number of likely N-dealkylation sites (tertiary alicyclic amines) is 1. The van der Waals surface area contributed by atoms with E-state index < -0.39 is 12.0 Å². The molecular formula is C12H22N2O4. The van der Waals surface area contributed by atoms with Gasteiger partial charge in [0, 0.05) is 19.1 Å². The predicted molar refractivity (Wildman–Crippen MR) is 66.3 cm³/mol. The highest BCUT2D eigenvalue weighted by Crippen LogP contribution is 2.19. The van der Waals surface area contributed by atoms with Crippen molar-refractivity contribution < 1.29 is 19.8 Å². The molecule has 1 unspecified atom stereocenters. The second-order valence-electron chi connectivity index (χ2n) is 4.84. The van der Waals surface area contributed by atoms with E-state index in [2.05, 4.69) is 0 Å². The van der Waals surface area contributed by atoms with Gasteiger partial charge in [0.2, 0.25) is 0 Å². The molecule has 0 radical (unpaired) electrons. The van der Waals surface area contributed by atoms with Gasteiger partial charge in [-0.1, -0.05) is 0 Å². The van der Waals surface area contributed by atoms with Crippen LogP contribution in [0.1, 0.15) is 33.1 Å². The van der Waals surface area contributed by atoms with Crippen LogP contribution in [0, 0.1) is 0 Å². The van der Waals surface area contributed by atoms with Crippen molar-refractivity contribution in [1.82, 2.24) is 9.80 Å². The summed E-state index contributed by atoms with van der Waals surface area (Å²) in [5.74, 6) is -0.948.